The molecule has 40 heavy (non-hydrogen) atoms. The SMILES string of the molecule is CC(C)N1CCC2(CC1)CC(COCC1CC1)N(Cc1cccnc1)C2.O=C(O)C(F)(F)F.O=C(O)C(F)(F)F. The summed E-state index contributed by atoms with van der Waals surface area (Å²) in [5, 5.41) is 14.2. The van der Waals surface area contributed by atoms with Gasteiger partial charge in [-0.05, 0) is 82.0 Å². The molecule has 1 aliphatic carbocycles. The second kappa shape index (κ2) is 14.4. The van der Waals surface area contributed by atoms with Crippen molar-refractivity contribution in [3.8, 4) is 0 Å². The van der Waals surface area contributed by atoms with Crippen molar-refractivity contribution >= 4 is 11.9 Å². The highest BCUT2D eigenvalue weighted by molar-refractivity contribution is 5.73. The summed E-state index contributed by atoms with van der Waals surface area (Å²) in [6.07, 6.45) is 0.463. The van der Waals surface area contributed by atoms with E-state index in [0.717, 1.165) is 25.7 Å². The van der Waals surface area contributed by atoms with E-state index >= 15 is 0 Å². The summed E-state index contributed by atoms with van der Waals surface area (Å²) in [6.45, 7) is 11.3. The maximum absolute atomic E-state index is 10.6. The fourth-order valence-electron chi connectivity index (χ4n) is 4.86. The van der Waals surface area contributed by atoms with Crippen LogP contribution < -0.4 is 0 Å². The molecule has 3 fully saturated rings. The van der Waals surface area contributed by atoms with Crippen LogP contribution in [0.5, 0.6) is 0 Å². The number of aliphatic carboxylic acids is 2. The van der Waals surface area contributed by atoms with Gasteiger partial charge in [-0.3, -0.25) is 9.88 Å². The summed E-state index contributed by atoms with van der Waals surface area (Å²) in [5.41, 5.74) is 1.83. The van der Waals surface area contributed by atoms with E-state index in [-0.39, 0.29) is 0 Å². The van der Waals surface area contributed by atoms with Crippen molar-refractivity contribution in [1.29, 1.82) is 0 Å². The number of carboxylic acid groups (broad SMARTS) is 2. The molecule has 1 saturated carbocycles. The smallest absolute Gasteiger partial charge is 0.475 e. The van der Waals surface area contributed by atoms with Gasteiger partial charge in [-0.15, -0.1) is 0 Å². The first-order valence-corrected chi connectivity index (χ1v) is 13.1. The van der Waals surface area contributed by atoms with Gasteiger partial charge in [0, 0.05) is 44.2 Å². The number of halogens is 6. The van der Waals surface area contributed by atoms with Crippen molar-refractivity contribution < 1.29 is 50.9 Å². The molecule has 3 heterocycles. The summed E-state index contributed by atoms with van der Waals surface area (Å²) >= 11 is 0. The van der Waals surface area contributed by atoms with Crippen LogP contribution in [0.3, 0.4) is 0 Å². The molecule has 1 atom stereocenters. The van der Waals surface area contributed by atoms with Crippen LogP contribution in [0, 0.1) is 11.3 Å². The molecule has 1 spiro atoms. The van der Waals surface area contributed by atoms with E-state index in [1.165, 1.54) is 57.3 Å². The maximum atomic E-state index is 10.6. The van der Waals surface area contributed by atoms with Crippen LogP contribution in [0.25, 0.3) is 0 Å². The van der Waals surface area contributed by atoms with Crippen molar-refractivity contribution in [2.24, 2.45) is 11.3 Å². The molecule has 3 aliphatic rings. The normalized spacial score (nSPS) is 21.4. The number of hydrogen-bond donors (Lipinski definition) is 2. The van der Waals surface area contributed by atoms with Crippen molar-refractivity contribution in [3.63, 3.8) is 0 Å². The average Bonchev–Trinajstić information content (AvgIpc) is 3.62. The Hall–Kier alpha value is -2.45. The highest BCUT2D eigenvalue weighted by Gasteiger charge is 2.45. The number of aromatic nitrogens is 1. The highest BCUT2D eigenvalue weighted by Crippen LogP contribution is 2.44. The molecular weight excluding hydrogens is 548 g/mol. The third-order valence-electron chi connectivity index (χ3n) is 7.27. The van der Waals surface area contributed by atoms with Gasteiger partial charge in [0.05, 0.1) is 6.61 Å². The molecule has 2 N–H and O–H groups in total. The zero-order valence-electron chi connectivity index (χ0n) is 22.5. The fraction of sp³-hybridized carbons (Fsp3) is 0.731. The second-order valence-electron chi connectivity index (χ2n) is 10.8. The largest absolute Gasteiger partial charge is 0.490 e. The van der Waals surface area contributed by atoms with Crippen molar-refractivity contribution in [2.45, 2.75) is 76.9 Å². The third-order valence-corrected chi connectivity index (χ3v) is 7.27. The Morgan fingerprint density at radius 1 is 1.05 bits per heavy atom. The number of carboxylic acids is 2. The number of carbonyl (C=O) groups is 2. The zero-order chi connectivity index (χ0) is 30.1. The van der Waals surface area contributed by atoms with Gasteiger partial charge in [0.15, 0.2) is 0 Å². The lowest BCUT2D eigenvalue weighted by Crippen LogP contribution is -2.44. The van der Waals surface area contributed by atoms with Gasteiger partial charge >= 0.3 is 24.3 Å². The van der Waals surface area contributed by atoms with Gasteiger partial charge in [-0.25, -0.2) is 9.59 Å². The molecule has 4 rings (SSSR count). The van der Waals surface area contributed by atoms with Crippen LogP contribution >= 0.6 is 0 Å². The lowest BCUT2D eigenvalue weighted by molar-refractivity contribution is -0.193. The average molecular weight is 586 g/mol. The number of hydrogen-bond acceptors (Lipinski definition) is 6. The summed E-state index contributed by atoms with van der Waals surface area (Å²) in [7, 11) is 0. The minimum absolute atomic E-state index is 0.501. The van der Waals surface area contributed by atoms with E-state index in [9.17, 15) is 26.3 Å². The van der Waals surface area contributed by atoms with Crippen LogP contribution in [0.1, 0.15) is 51.5 Å². The number of alkyl halides is 6. The molecule has 14 heteroatoms. The van der Waals surface area contributed by atoms with Gasteiger partial charge in [0.2, 0.25) is 0 Å². The molecule has 8 nitrogen and oxygen atoms in total. The first-order chi connectivity index (χ1) is 18.5. The zero-order valence-corrected chi connectivity index (χ0v) is 22.5. The van der Waals surface area contributed by atoms with Gasteiger partial charge in [-0.2, -0.15) is 26.3 Å². The molecular formula is C26H37F6N3O5. The number of nitrogens with zero attached hydrogens (tertiary/aromatic N) is 3. The summed E-state index contributed by atoms with van der Waals surface area (Å²) < 4.78 is 69.6. The number of rotatable bonds is 7. The first-order valence-electron chi connectivity index (χ1n) is 13.1. The first kappa shape index (κ1) is 33.8. The molecule has 0 radical (unpaired) electrons. The van der Waals surface area contributed by atoms with Crippen LogP contribution in [0.15, 0.2) is 24.5 Å². The topological polar surface area (TPSA) is 103 Å². The Labute approximate surface area is 229 Å². The van der Waals surface area contributed by atoms with E-state index in [2.05, 4.69) is 40.8 Å². The highest BCUT2D eigenvalue weighted by atomic mass is 19.4. The molecule has 228 valence electrons. The number of pyridine rings is 1. The molecule has 0 aromatic carbocycles. The van der Waals surface area contributed by atoms with E-state index < -0.39 is 24.3 Å². The molecule has 1 aromatic heterocycles. The van der Waals surface area contributed by atoms with Gasteiger partial charge < -0.3 is 19.8 Å². The van der Waals surface area contributed by atoms with Crippen molar-refractivity contribution in [1.82, 2.24) is 14.8 Å². The lowest BCUT2D eigenvalue weighted by Gasteiger charge is -2.41. The molecule has 0 amide bonds. The molecule has 1 aromatic rings. The quantitative estimate of drug-likeness (QED) is 0.439. The fourth-order valence-corrected chi connectivity index (χ4v) is 4.86. The Morgan fingerprint density at radius 2 is 1.60 bits per heavy atom. The van der Waals surface area contributed by atoms with E-state index in [4.69, 9.17) is 24.5 Å². The van der Waals surface area contributed by atoms with E-state index in [1.54, 1.807) is 0 Å². The summed E-state index contributed by atoms with van der Waals surface area (Å²) in [4.78, 5) is 27.4. The lowest BCUT2D eigenvalue weighted by atomic mass is 9.76. The molecule has 2 saturated heterocycles. The summed E-state index contributed by atoms with van der Waals surface area (Å²) in [6, 6.07) is 5.51. The Balaban J connectivity index is 0.000000333. The third kappa shape index (κ3) is 11.6. The maximum Gasteiger partial charge on any atom is 0.490 e. The molecule has 1 unspecified atom stereocenters. The standard InChI is InChI=1S/C22H35N3O.2C2HF3O2/c1-18(2)24-10-7-22(8-11-24)12-21(16-26-15-19-5-6-19)25(17-22)14-20-4-3-9-23-13-20;2*3-2(4,5)1(6)7/h3-4,9,13,18-19,21H,5-8,10-12,14-17H2,1-2H3;2*(H,6,7). The van der Waals surface area contributed by atoms with E-state index in [0.29, 0.717) is 17.5 Å². The Kier molecular flexibility index (Phi) is 12.2. The van der Waals surface area contributed by atoms with Crippen molar-refractivity contribution in [2.75, 3.05) is 32.8 Å². The van der Waals surface area contributed by atoms with Gasteiger partial charge in [-0.1, -0.05) is 6.07 Å². The van der Waals surface area contributed by atoms with Crippen LogP contribution in [-0.4, -0.2) is 94.2 Å². The van der Waals surface area contributed by atoms with Crippen molar-refractivity contribution in [3.05, 3.63) is 30.1 Å². The molecule has 0 bridgehead atoms. The minimum Gasteiger partial charge on any atom is -0.475 e. The van der Waals surface area contributed by atoms with Gasteiger partial charge in [0.1, 0.15) is 0 Å². The molecule has 2 aliphatic heterocycles. The van der Waals surface area contributed by atoms with Crippen LogP contribution in [0.2, 0.25) is 0 Å². The second-order valence-corrected chi connectivity index (χ2v) is 10.8. The number of piperidine rings is 1. The predicted molar refractivity (Wildman–Crippen MR) is 132 cm³/mol. The predicted octanol–water partition coefficient (Wildman–Crippen LogP) is 4.84. The minimum atomic E-state index is -5.08. The van der Waals surface area contributed by atoms with Gasteiger partial charge in [0.25, 0.3) is 0 Å². The number of likely N-dealkylation sites (tertiary alicyclic amines) is 2. The van der Waals surface area contributed by atoms with Crippen LogP contribution in [-0.2, 0) is 20.9 Å². The monoisotopic (exact) mass is 585 g/mol. The number of ether oxygens (including phenoxy) is 1. The Bertz CT molecular complexity index is 909. The van der Waals surface area contributed by atoms with E-state index in [1.807, 2.05) is 12.4 Å². The Morgan fingerprint density at radius 3 is 2.02 bits per heavy atom. The summed E-state index contributed by atoms with van der Waals surface area (Å²) in [5.74, 6) is -4.66. The van der Waals surface area contributed by atoms with Crippen LogP contribution in [0.4, 0.5) is 26.3 Å².